The quantitative estimate of drug-likeness (QED) is 0.736. The van der Waals surface area contributed by atoms with Crippen molar-refractivity contribution in [3.63, 3.8) is 0 Å². The largest absolute Gasteiger partial charge is 0.377 e. The van der Waals surface area contributed by atoms with Crippen LogP contribution in [-0.2, 0) is 4.74 Å². The second-order valence-electron chi connectivity index (χ2n) is 6.18. The average molecular weight is 254 g/mol. The Labute approximate surface area is 112 Å². The molecule has 1 aliphatic carbocycles. The molecule has 106 valence electrons. The van der Waals surface area contributed by atoms with Gasteiger partial charge in [0, 0.05) is 19.1 Å². The van der Waals surface area contributed by atoms with Crippen molar-refractivity contribution in [1.82, 2.24) is 10.2 Å². The van der Waals surface area contributed by atoms with Gasteiger partial charge in [-0.1, -0.05) is 12.8 Å². The highest BCUT2D eigenvalue weighted by molar-refractivity contribution is 4.79. The van der Waals surface area contributed by atoms with Crippen LogP contribution >= 0.6 is 0 Å². The summed E-state index contributed by atoms with van der Waals surface area (Å²) in [5.41, 5.74) is 0. The van der Waals surface area contributed by atoms with Crippen molar-refractivity contribution in [3.8, 4) is 0 Å². The van der Waals surface area contributed by atoms with E-state index < -0.39 is 0 Å². The van der Waals surface area contributed by atoms with E-state index in [4.69, 9.17) is 4.74 Å². The third kappa shape index (κ3) is 4.52. The third-order valence-electron chi connectivity index (χ3n) is 4.59. The Hall–Kier alpha value is -0.120. The van der Waals surface area contributed by atoms with Gasteiger partial charge in [-0.25, -0.2) is 0 Å². The first kappa shape index (κ1) is 14.3. The van der Waals surface area contributed by atoms with Crippen LogP contribution < -0.4 is 5.32 Å². The number of nitrogens with one attached hydrogen (secondary N) is 1. The Morgan fingerprint density at radius 2 is 2.00 bits per heavy atom. The van der Waals surface area contributed by atoms with Crippen LogP contribution in [0, 0.1) is 5.92 Å². The molecule has 1 heterocycles. The van der Waals surface area contributed by atoms with Crippen LogP contribution in [0.5, 0.6) is 0 Å². The molecule has 0 spiro atoms. The average Bonchev–Trinajstić information content (AvgIpc) is 2.87. The minimum absolute atomic E-state index is 0.558. The van der Waals surface area contributed by atoms with Crippen molar-refractivity contribution in [2.75, 3.05) is 33.3 Å². The standard InChI is InChI=1S/C15H30N2O/c1-13(14-6-5-10-17(2)12-14)16-9-11-18-15-7-3-4-8-15/h13-16H,3-12H2,1-2H3. The number of piperidine rings is 1. The summed E-state index contributed by atoms with van der Waals surface area (Å²) in [5, 5.41) is 3.65. The third-order valence-corrected chi connectivity index (χ3v) is 4.59. The maximum absolute atomic E-state index is 5.89. The highest BCUT2D eigenvalue weighted by Gasteiger charge is 2.22. The van der Waals surface area contributed by atoms with Gasteiger partial charge in [-0.15, -0.1) is 0 Å². The second-order valence-corrected chi connectivity index (χ2v) is 6.18. The van der Waals surface area contributed by atoms with Crippen molar-refractivity contribution in [3.05, 3.63) is 0 Å². The lowest BCUT2D eigenvalue weighted by Gasteiger charge is -2.34. The Morgan fingerprint density at radius 3 is 2.72 bits per heavy atom. The van der Waals surface area contributed by atoms with Crippen LogP contribution in [-0.4, -0.2) is 50.3 Å². The minimum Gasteiger partial charge on any atom is -0.377 e. The van der Waals surface area contributed by atoms with Crippen LogP contribution in [0.15, 0.2) is 0 Å². The highest BCUT2D eigenvalue weighted by Crippen LogP contribution is 2.21. The van der Waals surface area contributed by atoms with E-state index in [1.807, 2.05) is 0 Å². The lowest BCUT2D eigenvalue weighted by atomic mass is 9.92. The zero-order valence-electron chi connectivity index (χ0n) is 12.2. The highest BCUT2D eigenvalue weighted by atomic mass is 16.5. The maximum atomic E-state index is 5.89. The van der Waals surface area contributed by atoms with Crippen molar-refractivity contribution >= 4 is 0 Å². The van der Waals surface area contributed by atoms with E-state index in [0.717, 1.165) is 19.1 Å². The number of likely N-dealkylation sites (tertiary alicyclic amines) is 1. The summed E-state index contributed by atoms with van der Waals surface area (Å²) < 4.78 is 5.89. The summed E-state index contributed by atoms with van der Waals surface area (Å²) in [6.07, 6.45) is 8.58. The fraction of sp³-hybridized carbons (Fsp3) is 1.00. The molecule has 0 aromatic rings. The molecule has 2 atom stereocenters. The number of hydrogen-bond donors (Lipinski definition) is 1. The Bertz CT molecular complexity index is 229. The topological polar surface area (TPSA) is 24.5 Å². The molecule has 0 radical (unpaired) electrons. The summed E-state index contributed by atoms with van der Waals surface area (Å²) in [6, 6.07) is 0.625. The van der Waals surface area contributed by atoms with Crippen LogP contribution in [0.2, 0.25) is 0 Å². The first-order valence-corrected chi connectivity index (χ1v) is 7.79. The summed E-state index contributed by atoms with van der Waals surface area (Å²) in [7, 11) is 2.24. The molecule has 3 nitrogen and oxygen atoms in total. The summed E-state index contributed by atoms with van der Waals surface area (Å²) in [4.78, 5) is 2.46. The molecular formula is C15H30N2O. The molecule has 2 fully saturated rings. The second kappa shape index (κ2) is 7.46. The number of hydrogen-bond acceptors (Lipinski definition) is 3. The molecule has 1 saturated carbocycles. The lowest BCUT2D eigenvalue weighted by molar-refractivity contribution is 0.0572. The maximum Gasteiger partial charge on any atom is 0.0594 e. The molecule has 18 heavy (non-hydrogen) atoms. The van der Waals surface area contributed by atoms with Crippen molar-refractivity contribution in [2.45, 2.75) is 57.6 Å². The van der Waals surface area contributed by atoms with Crippen LogP contribution in [0.1, 0.15) is 45.4 Å². The Morgan fingerprint density at radius 1 is 1.22 bits per heavy atom. The SMILES string of the molecule is CC(NCCOC1CCCC1)C1CCCN(C)C1. The summed E-state index contributed by atoms with van der Waals surface area (Å²) in [6.45, 7) is 6.75. The van der Waals surface area contributed by atoms with Gasteiger partial charge in [0.15, 0.2) is 0 Å². The Kier molecular flexibility index (Phi) is 5.93. The van der Waals surface area contributed by atoms with E-state index in [0.29, 0.717) is 12.1 Å². The van der Waals surface area contributed by atoms with Crippen LogP contribution in [0.4, 0.5) is 0 Å². The first-order valence-electron chi connectivity index (χ1n) is 7.79. The van der Waals surface area contributed by atoms with E-state index in [1.54, 1.807) is 0 Å². The zero-order valence-corrected chi connectivity index (χ0v) is 12.2. The van der Waals surface area contributed by atoms with E-state index in [-0.39, 0.29) is 0 Å². The number of ether oxygens (including phenoxy) is 1. The van der Waals surface area contributed by atoms with Crippen molar-refractivity contribution in [2.24, 2.45) is 5.92 Å². The van der Waals surface area contributed by atoms with Gasteiger partial charge in [0.05, 0.1) is 12.7 Å². The van der Waals surface area contributed by atoms with Gasteiger partial charge in [-0.3, -0.25) is 0 Å². The van der Waals surface area contributed by atoms with Gasteiger partial charge in [0.25, 0.3) is 0 Å². The number of nitrogens with zero attached hydrogens (tertiary/aromatic N) is 1. The van der Waals surface area contributed by atoms with E-state index >= 15 is 0 Å². The predicted octanol–water partition coefficient (Wildman–Crippen LogP) is 2.27. The molecule has 2 unspecified atom stereocenters. The van der Waals surface area contributed by atoms with Gasteiger partial charge >= 0.3 is 0 Å². The molecule has 0 aromatic carbocycles. The zero-order chi connectivity index (χ0) is 12.8. The molecule has 1 aliphatic heterocycles. The normalized spacial score (nSPS) is 28.7. The molecule has 2 aliphatic rings. The lowest BCUT2D eigenvalue weighted by Crippen LogP contribution is -2.44. The molecule has 3 heteroatoms. The monoisotopic (exact) mass is 254 g/mol. The van der Waals surface area contributed by atoms with E-state index in [1.165, 1.54) is 51.6 Å². The smallest absolute Gasteiger partial charge is 0.0594 e. The molecular weight excluding hydrogens is 224 g/mol. The van der Waals surface area contributed by atoms with Gasteiger partial charge in [-0.05, 0) is 52.1 Å². The fourth-order valence-corrected chi connectivity index (χ4v) is 3.35. The Balaban J connectivity index is 1.54. The molecule has 0 bridgehead atoms. The van der Waals surface area contributed by atoms with Gasteiger partial charge in [-0.2, -0.15) is 0 Å². The van der Waals surface area contributed by atoms with Crippen LogP contribution in [0.25, 0.3) is 0 Å². The van der Waals surface area contributed by atoms with E-state index in [2.05, 4.69) is 24.2 Å². The van der Waals surface area contributed by atoms with Gasteiger partial charge < -0.3 is 15.0 Å². The molecule has 0 amide bonds. The van der Waals surface area contributed by atoms with Crippen LogP contribution in [0.3, 0.4) is 0 Å². The summed E-state index contributed by atoms with van der Waals surface area (Å²) in [5.74, 6) is 0.815. The van der Waals surface area contributed by atoms with Crippen molar-refractivity contribution < 1.29 is 4.74 Å². The number of rotatable bonds is 6. The predicted molar refractivity (Wildman–Crippen MR) is 75.9 cm³/mol. The van der Waals surface area contributed by atoms with Gasteiger partial charge in [0.1, 0.15) is 0 Å². The first-order chi connectivity index (χ1) is 8.75. The molecule has 2 rings (SSSR count). The van der Waals surface area contributed by atoms with Gasteiger partial charge in [0.2, 0.25) is 0 Å². The molecule has 1 saturated heterocycles. The molecule has 0 aromatic heterocycles. The fourth-order valence-electron chi connectivity index (χ4n) is 3.35. The summed E-state index contributed by atoms with van der Waals surface area (Å²) >= 11 is 0. The molecule has 1 N–H and O–H groups in total. The van der Waals surface area contributed by atoms with Crippen molar-refractivity contribution in [1.29, 1.82) is 0 Å². The minimum atomic E-state index is 0.558. The van der Waals surface area contributed by atoms with E-state index in [9.17, 15) is 0 Å².